The van der Waals surface area contributed by atoms with Gasteiger partial charge in [-0.15, -0.1) is 0 Å². The van der Waals surface area contributed by atoms with Crippen molar-refractivity contribution >= 4 is 29.3 Å². The van der Waals surface area contributed by atoms with Gasteiger partial charge in [0.05, 0.1) is 7.11 Å². The van der Waals surface area contributed by atoms with Gasteiger partial charge in [0, 0.05) is 10.7 Å². The monoisotopic (exact) mass is 326 g/mol. The molecule has 5 heteroatoms. The maximum Gasteiger partial charge on any atom is 0.266 e. The first-order valence-corrected chi connectivity index (χ1v) is 7.24. The van der Waals surface area contributed by atoms with Crippen LogP contribution in [-0.2, 0) is 4.79 Å². The van der Waals surface area contributed by atoms with Gasteiger partial charge < -0.3 is 10.1 Å². The summed E-state index contributed by atoms with van der Waals surface area (Å²) in [5, 5.41) is 12.5. The van der Waals surface area contributed by atoms with Crippen molar-refractivity contribution < 1.29 is 9.53 Å². The van der Waals surface area contributed by atoms with E-state index in [1.165, 1.54) is 13.2 Å². The summed E-state index contributed by atoms with van der Waals surface area (Å²) in [5.74, 6) is 0.0843. The number of hydrogen-bond acceptors (Lipinski definition) is 3. The lowest BCUT2D eigenvalue weighted by atomic mass is 10.1. The molecule has 0 bridgehead atoms. The van der Waals surface area contributed by atoms with Gasteiger partial charge in [-0.05, 0) is 48.4 Å². The van der Waals surface area contributed by atoms with Crippen molar-refractivity contribution in [3.63, 3.8) is 0 Å². The maximum atomic E-state index is 12.3. The van der Waals surface area contributed by atoms with Gasteiger partial charge in [-0.2, -0.15) is 5.26 Å². The van der Waals surface area contributed by atoms with Crippen molar-refractivity contribution in [3.8, 4) is 11.8 Å². The number of amides is 1. The van der Waals surface area contributed by atoms with Crippen molar-refractivity contribution in [1.82, 2.24) is 0 Å². The van der Waals surface area contributed by atoms with Crippen LogP contribution in [0.25, 0.3) is 6.08 Å². The lowest BCUT2D eigenvalue weighted by Crippen LogP contribution is -2.14. The fraction of sp³-hybridized carbons (Fsp3) is 0.111. The summed E-state index contributed by atoms with van der Waals surface area (Å²) in [4.78, 5) is 12.3. The summed E-state index contributed by atoms with van der Waals surface area (Å²) < 4.78 is 5.13. The van der Waals surface area contributed by atoms with E-state index in [1.807, 2.05) is 31.2 Å². The fourth-order valence-electron chi connectivity index (χ4n) is 2.00. The van der Waals surface area contributed by atoms with Crippen LogP contribution in [0.5, 0.6) is 5.75 Å². The van der Waals surface area contributed by atoms with Crippen LogP contribution in [0.4, 0.5) is 5.69 Å². The Morgan fingerprint density at radius 3 is 2.70 bits per heavy atom. The van der Waals surface area contributed by atoms with E-state index in [9.17, 15) is 10.1 Å². The summed E-state index contributed by atoms with van der Waals surface area (Å²) in [6.45, 7) is 1.88. The minimum Gasteiger partial charge on any atom is -0.497 e. The predicted octanol–water partition coefficient (Wildman–Crippen LogP) is 4.20. The molecule has 0 atom stereocenters. The molecule has 2 rings (SSSR count). The normalized spacial score (nSPS) is 10.8. The van der Waals surface area contributed by atoms with Gasteiger partial charge in [-0.3, -0.25) is 4.79 Å². The number of aryl methyl sites for hydroxylation is 1. The number of benzene rings is 2. The van der Waals surface area contributed by atoms with Gasteiger partial charge in [0.1, 0.15) is 17.4 Å². The van der Waals surface area contributed by atoms with Crippen molar-refractivity contribution in [3.05, 3.63) is 64.2 Å². The Bertz CT molecular complexity index is 807. The van der Waals surface area contributed by atoms with Gasteiger partial charge in [-0.1, -0.05) is 29.8 Å². The zero-order valence-electron chi connectivity index (χ0n) is 12.8. The summed E-state index contributed by atoms with van der Waals surface area (Å²) in [6.07, 6.45) is 1.47. The van der Waals surface area contributed by atoms with Crippen LogP contribution in [0.2, 0.25) is 5.02 Å². The molecular formula is C18H15ClN2O2. The van der Waals surface area contributed by atoms with Crippen LogP contribution in [0.1, 0.15) is 11.1 Å². The number of nitrogens with zero attached hydrogens (tertiary/aromatic N) is 1. The van der Waals surface area contributed by atoms with Crippen LogP contribution >= 0.6 is 11.6 Å². The number of methoxy groups -OCH3 is 1. The molecule has 0 aliphatic heterocycles. The van der Waals surface area contributed by atoms with Crippen molar-refractivity contribution in [2.24, 2.45) is 0 Å². The quantitative estimate of drug-likeness (QED) is 0.676. The number of carbonyl (C=O) groups is 1. The third-order valence-corrected chi connectivity index (χ3v) is 3.42. The topological polar surface area (TPSA) is 62.1 Å². The Morgan fingerprint density at radius 1 is 1.30 bits per heavy atom. The first kappa shape index (κ1) is 16.6. The molecule has 0 spiro atoms. The number of para-hydroxylation sites is 1. The smallest absolute Gasteiger partial charge is 0.266 e. The second-order valence-electron chi connectivity index (χ2n) is 4.86. The van der Waals surface area contributed by atoms with Crippen LogP contribution in [0, 0.1) is 18.3 Å². The van der Waals surface area contributed by atoms with Crippen LogP contribution in [0.15, 0.2) is 48.0 Å². The molecule has 116 valence electrons. The Morgan fingerprint density at radius 2 is 2.04 bits per heavy atom. The number of nitriles is 1. The van der Waals surface area contributed by atoms with Gasteiger partial charge in [0.25, 0.3) is 5.91 Å². The highest BCUT2D eigenvalue weighted by Gasteiger charge is 2.11. The third-order valence-electron chi connectivity index (χ3n) is 3.20. The highest BCUT2D eigenvalue weighted by molar-refractivity contribution is 6.30. The minimum absolute atomic E-state index is 0.0161. The van der Waals surface area contributed by atoms with Crippen LogP contribution < -0.4 is 10.1 Å². The summed E-state index contributed by atoms with van der Waals surface area (Å²) in [6, 6.07) is 14.3. The number of ether oxygens (including phenoxy) is 1. The van der Waals surface area contributed by atoms with E-state index in [2.05, 4.69) is 5.32 Å². The highest BCUT2D eigenvalue weighted by Crippen LogP contribution is 2.23. The minimum atomic E-state index is -0.472. The average molecular weight is 327 g/mol. The molecular weight excluding hydrogens is 312 g/mol. The van der Waals surface area contributed by atoms with E-state index in [4.69, 9.17) is 16.3 Å². The van der Waals surface area contributed by atoms with Gasteiger partial charge >= 0.3 is 0 Å². The van der Waals surface area contributed by atoms with Gasteiger partial charge in [0.2, 0.25) is 0 Å². The Kier molecular flexibility index (Phi) is 5.40. The van der Waals surface area contributed by atoms with Crippen molar-refractivity contribution in [2.75, 3.05) is 12.4 Å². The largest absolute Gasteiger partial charge is 0.497 e. The van der Waals surface area contributed by atoms with E-state index < -0.39 is 5.91 Å². The zero-order valence-corrected chi connectivity index (χ0v) is 13.5. The number of nitrogens with one attached hydrogen (secondary N) is 1. The number of carbonyl (C=O) groups excluding carboxylic acids is 1. The number of hydrogen-bond donors (Lipinski definition) is 1. The Balaban J connectivity index is 2.29. The summed E-state index contributed by atoms with van der Waals surface area (Å²) >= 11 is 5.99. The SMILES string of the molecule is COc1cc(Cl)cc(/C=C(\C#N)C(=O)Nc2ccccc2C)c1. The summed E-state index contributed by atoms with van der Waals surface area (Å²) in [5.41, 5.74) is 2.19. The molecule has 0 saturated carbocycles. The second kappa shape index (κ2) is 7.48. The Labute approximate surface area is 140 Å². The molecule has 1 N–H and O–H groups in total. The number of rotatable bonds is 4. The standard InChI is InChI=1S/C18H15ClN2O2/c1-12-5-3-4-6-17(12)21-18(22)14(11-20)7-13-8-15(19)10-16(9-13)23-2/h3-10H,1-2H3,(H,21,22)/b14-7+. The fourth-order valence-corrected chi connectivity index (χ4v) is 2.24. The lowest BCUT2D eigenvalue weighted by molar-refractivity contribution is -0.112. The van der Waals surface area contributed by atoms with E-state index in [-0.39, 0.29) is 5.57 Å². The maximum absolute atomic E-state index is 12.3. The molecule has 1 amide bonds. The van der Waals surface area contributed by atoms with Crippen molar-refractivity contribution in [2.45, 2.75) is 6.92 Å². The predicted molar refractivity (Wildman–Crippen MR) is 91.4 cm³/mol. The molecule has 0 aromatic heterocycles. The molecule has 0 radical (unpaired) electrons. The molecule has 0 unspecified atom stereocenters. The molecule has 0 aliphatic carbocycles. The van der Waals surface area contributed by atoms with Crippen molar-refractivity contribution in [1.29, 1.82) is 5.26 Å². The third kappa shape index (κ3) is 4.35. The number of anilines is 1. The molecule has 0 heterocycles. The Hall–Kier alpha value is -2.77. The van der Waals surface area contributed by atoms with Crippen LogP contribution in [-0.4, -0.2) is 13.0 Å². The van der Waals surface area contributed by atoms with E-state index >= 15 is 0 Å². The molecule has 2 aromatic carbocycles. The molecule has 0 fully saturated rings. The first-order chi connectivity index (χ1) is 11.0. The highest BCUT2D eigenvalue weighted by atomic mass is 35.5. The average Bonchev–Trinajstić information content (AvgIpc) is 2.54. The summed E-state index contributed by atoms with van der Waals surface area (Å²) in [7, 11) is 1.52. The molecule has 23 heavy (non-hydrogen) atoms. The van der Waals surface area contributed by atoms with Gasteiger partial charge in [0.15, 0.2) is 0 Å². The van der Waals surface area contributed by atoms with E-state index in [0.717, 1.165) is 5.56 Å². The lowest BCUT2D eigenvalue weighted by Gasteiger charge is -2.07. The molecule has 2 aromatic rings. The van der Waals surface area contributed by atoms with Crippen LogP contribution in [0.3, 0.4) is 0 Å². The van der Waals surface area contributed by atoms with E-state index in [0.29, 0.717) is 22.0 Å². The number of halogens is 1. The van der Waals surface area contributed by atoms with Gasteiger partial charge in [-0.25, -0.2) is 0 Å². The molecule has 0 aliphatic rings. The first-order valence-electron chi connectivity index (χ1n) is 6.87. The second-order valence-corrected chi connectivity index (χ2v) is 5.30. The van der Waals surface area contributed by atoms with E-state index in [1.54, 1.807) is 24.3 Å². The zero-order chi connectivity index (χ0) is 16.8. The molecule has 0 saturated heterocycles. The molecule has 4 nitrogen and oxygen atoms in total.